The predicted octanol–water partition coefficient (Wildman–Crippen LogP) is 2.23. The van der Waals surface area contributed by atoms with Gasteiger partial charge in [-0.15, -0.1) is 0 Å². The molecule has 0 heterocycles. The van der Waals surface area contributed by atoms with E-state index in [0.29, 0.717) is 10.0 Å². The first kappa shape index (κ1) is 17.7. The Hall–Kier alpha value is -1.40. The van der Waals surface area contributed by atoms with E-state index in [2.05, 4.69) is 20.7 Å². The zero-order valence-corrected chi connectivity index (χ0v) is 14.0. The van der Waals surface area contributed by atoms with Gasteiger partial charge in [-0.05, 0) is 41.9 Å². The van der Waals surface area contributed by atoms with Crippen LogP contribution in [-0.4, -0.2) is 47.7 Å². The third kappa shape index (κ3) is 4.54. The average molecular weight is 358 g/mol. The number of aliphatic hydroxyl groups excluding tert-OH is 1. The molecule has 0 aliphatic carbocycles. The van der Waals surface area contributed by atoms with Gasteiger partial charge in [0.2, 0.25) is 0 Å². The van der Waals surface area contributed by atoms with E-state index in [9.17, 15) is 14.7 Å². The largest absolute Gasteiger partial charge is 0.469 e. The molecule has 1 aromatic carbocycles. The molecule has 0 saturated heterocycles. The Labute approximate surface area is 133 Å². The SMILES string of the molecule is COC(=O)CCN(C(=O)c1ccccc1Br)C(C)(C)CO. The number of benzene rings is 1. The van der Waals surface area contributed by atoms with Crippen molar-refractivity contribution < 1.29 is 19.4 Å². The van der Waals surface area contributed by atoms with Crippen LogP contribution in [0, 0.1) is 0 Å². The minimum atomic E-state index is -0.777. The lowest BCUT2D eigenvalue weighted by Crippen LogP contribution is -2.51. The van der Waals surface area contributed by atoms with E-state index in [1.54, 1.807) is 32.0 Å². The summed E-state index contributed by atoms with van der Waals surface area (Å²) < 4.78 is 5.28. The molecule has 0 spiro atoms. The molecule has 1 N–H and O–H groups in total. The summed E-state index contributed by atoms with van der Waals surface area (Å²) in [5.74, 6) is -0.640. The van der Waals surface area contributed by atoms with Gasteiger partial charge < -0.3 is 14.7 Å². The molecule has 116 valence electrons. The first-order valence-electron chi connectivity index (χ1n) is 6.57. The van der Waals surface area contributed by atoms with E-state index >= 15 is 0 Å². The molecule has 1 amide bonds. The quantitative estimate of drug-likeness (QED) is 0.792. The fraction of sp³-hybridized carbons (Fsp3) is 0.467. The molecular weight excluding hydrogens is 338 g/mol. The molecule has 0 bridgehead atoms. The van der Waals surface area contributed by atoms with E-state index in [1.165, 1.54) is 12.0 Å². The molecule has 6 heteroatoms. The van der Waals surface area contributed by atoms with Crippen molar-refractivity contribution in [3.63, 3.8) is 0 Å². The second kappa shape index (κ2) is 7.56. The van der Waals surface area contributed by atoms with Crippen LogP contribution in [-0.2, 0) is 9.53 Å². The maximum atomic E-state index is 12.7. The second-order valence-electron chi connectivity index (χ2n) is 5.23. The molecule has 0 aliphatic rings. The molecule has 1 rings (SSSR count). The summed E-state index contributed by atoms with van der Waals surface area (Å²) in [6, 6.07) is 7.06. The van der Waals surface area contributed by atoms with E-state index in [-0.39, 0.29) is 25.5 Å². The summed E-state index contributed by atoms with van der Waals surface area (Å²) in [4.78, 5) is 25.5. The highest BCUT2D eigenvalue weighted by atomic mass is 79.9. The van der Waals surface area contributed by atoms with Crippen LogP contribution in [0.1, 0.15) is 30.6 Å². The number of ether oxygens (including phenoxy) is 1. The summed E-state index contributed by atoms with van der Waals surface area (Å²) in [5, 5.41) is 9.53. The number of carbonyl (C=O) groups is 2. The molecule has 0 saturated carbocycles. The third-order valence-electron chi connectivity index (χ3n) is 3.23. The highest BCUT2D eigenvalue weighted by Crippen LogP contribution is 2.23. The number of amides is 1. The van der Waals surface area contributed by atoms with Crippen LogP contribution in [0.2, 0.25) is 0 Å². The van der Waals surface area contributed by atoms with Crippen molar-refractivity contribution in [2.75, 3.05) is 20.3 Å². The molecule has 21 heavy (non-hydrogen) atoms. The normalized spacial score (nSPS) is 11.1. The van der Waals surface area contributed by atoms with Crippen LogP contribution in [0.3, 0.4) is 0 Å². The summed E-state index contributed by atoms with van der Waals surface area (Å²) in [6.07, 6.45) is 0.0795. The fourth-order valence-electron chi connectivity index (χ4n) is 1.85. The van der Waals surface area contributed by atoms with Gasteiger partial charge in [-0.25, -0.2) is 0 Å². The standard InChI is InChI=1S/C15H20BrNO4/c1-15(2,10-18)17(9-8-13(19)21-3)14(20)11-6-4-5-7-12(11)16/h4-7,18H,8-10H2,1-3H3. The number of esters is 1. The molecule has 0 aromatic heterocycles. The van der Waals surface area contributed by atoms with Crippen LogP contribution >= 0.6 is 15.9 Å². The zero-order valence-electron chi connectivity index (χ0n) is 12.4. The Morgan fingerprint density at radius 1 is 1.33 bits per heavy atom. The van der Waals surface area contributed by atoms with Crippen LogP contribution in [0.5, 0.6) is 0 Å². The van der Waals surface area contributed by atoms with Gasteiger partial charge in [0.05, 0.1) is 31.2 Å². The zero-order chi connectivity index (χ0) is 16.0. The first-order valence-corrected chi connectivity index (χ1v) is 7.37. The minimum Gasteiger partial charge on any atom is -0.469 e. The second-order valence-corrected chi connectivity index (χ2v) is 6.09. The highest BCUT2D eigenvalue weighted by Gasteiger charge is 2.32. The number of aliphatic hydroxyl groups is 1. The van der Waals surface area contributed by atoms with Gasteiger partial charge >= 0.3 is 5.97 Å². The molecule has 0 atom stereocenters. The molecule has 0 aliphatic heterocycles. The highest BCUT2D eigenvalue weighted by molar-refractivity contribution is 9.10. The first-order chi connectivity index (χ1) is 9.83. The summed E-state index contributed by atoms with van der Waals surface area (Å²) in [7, 11) is 1.31. The van der Waals surface area contributed by atoms with Crippen molar-refractivity contribution in [3.05, 3.63) is 34.3 Å². The molecule has 5 nitrogen and oxygen atoms in total. The molecule has 0 fully saturated rings. The van der Waals surface area contributed by atoms with Crippen molar-refractivity contribution >= 4 is 27.8 Å². The maximum absolute atomic E-state index is 12.7. The van der Waals surface area contributed by atoms with Gasteiger partial charge in [-0.1, -0.05) is 12.1 Å². The van der Waals surface area contributed by atoms with Gasteiger partial charge in [-0.3, -0.25) is 9.59 Å². The Balaban J connectivity index is 3.04. The number of rotatable bonds is 6. The topological polar surface area (TPSA) is 66.8 Å². The fourth-order valence-corrected chi connectivity index (χ4v) is 2.30. The summed E-state index contributed by atoms with van der Waals surface area (Å²) in [5.41, 5.74) is -0.288. The van der Waals surface area contributed by atoms with Gasteiger partial charge in [-0.2, -0.15) is 0 Å². The molecule has 0 unspecified atom stereocenters. The van der Waals surface area contributed by atoms with Gasteiger partial charge in [0.25, 0.3) is 5.91 Å². The molecule has 1 aromatic rings. The Morgan fingerprint density at radius 2 is 1.95 bits per heavy atom. The summed E-state index contributed by atoms with van der Waals surface area (Å²) >= 11 is 3.35. The number of hydrogen-bond donors (Lipinski definition) is 1. The van der Waals surface area contributed by atoms with Crippen LogP contribution in [0.15, 0.2) is 28.7 Å². The number of hydrogen-bond acceptors (Lipinski definition) is 4. The molecule has 0 radical (unpaired) electrons. The number of nitrogens with zero attached hydrogens (tertiary/aromatic N) is 1. The molecular formula is C15H20BrNO4. The maximum Gasteiger partial charge on any atom is 0.307 e. The van der Waals surface area contributed by atoms with E-state index in [1.807, 2.05) is 6.07 Å². The Bertz CT molecular complexity index is 516. The van der Waals surface area contributed by atoms with E-state index < -0.39 is 11.5 Å². The van der Waals surface area contributed by atoms with Crippen molar-refractivity contribution in [1.82, 2.24) is 4.90 Å². The van der Waals surface area contributed by atoms with Crippen molar-refractivity contribution in [2.24, 2.45) is 0 Å². The van der Waals surface area contributed by atoms with E-state index in [4.69, 9.17) is 0 Å². The van der Waals surface area contributed by atoms with Crippen molar-refractivity contribution in [2.45, 2.75) is 25.8 Å². The minimum absolute atomic E-state index is 0.0795. The Kier molecular flexibility index (Phi) is 6.36. The lowest BCUT2D eigenvalue weighted by atomic mass is 10.0. The van der Waals surface area contributed by atoms with Gasteiger partial charge in [0.1, 0.15) is 0 Å². The van der Waals surface area contributed by atoms with Crippen molar-refractivity contribution in [3.8, 4) is 0 Å². The van der Waals surface area contributed by atoms with Gasteiger partial charge in [0.15, 0.2) is 0 Å². The van der Waals surface area contributed by atoms with E-state index in [0.717, 1.165) is 0 Å². The monoisotopic (exact) mass is 357 g/mol. The average Bonchev–Trinajstić information content (AvgIpc) is 2.47. The predicted molar refractivity (Wildman–Crippen MR) is 83.0 cm³/mol. The number of halogens is 1. The lowest BCUT2D eigenvalue weighted by molar-refractivity contribution is -0.141. The third-order valence-corrected chi connectivity index (χ3v) is 3.93. The lowest BCUT2D eigenvalue weighted by Gasteiger charge is -2.37. The van der Waals surface area contributed by atoms with Crippen LogP contribution in [0.25, 0.3) is 0 Å². The number of carbonyl (C=O) groups excluding carboxylic acids is 2. The summed E-state index contributed by atoms with van der Waals surface area (Å²) in [6.45, 7) is 3.48. The van der Waals surface area contributed by atoms with Crippen molar-refractivity contribution in [1.29, 1.82) is 0 Å². The smallest absolute Gasteiger partial charge is 0.307 e. The van der Waals surface area contributed by atoms with Crippen LogP contribution in [0.4, 0.5) is 0 Å². The van der Waals surface area contributed by atoms with Crippen LogP contribution < -0.4 is 0 Å². The van der Waals surface area contributed by atoms with Gasteiger partial charge in [0, 0.05) is 11.0 Å². The Morgan fingerprint density at radius 3 is 2.48 bits per heavy atom. The number of methoxy groups -OCH3 is 1.